The molecule has 2 amide bonds. The molecule has 1 fully saturated rings. The number of halogens is 1. The highest BCUT2D eigenvalue weighted by Gasteiger charge is 2.27. The predicted octanol–water partition coefficient (Wildman–Crippen LogP) is 3.52. The second-order valence-corrected chi connectivity index (χ2v) is 6.96. The molecule has 1 aromatic carbocycles. The summed E-state index contributed by atoms with van der Waals surface area (Å²) in [5.41, 5.74) is 0.912. The lowest BCUT2D eigenvalue weighted by molar-refractivity contribution is 0.0646. The molecule has 1 saturated heterocycles. The number of furan rings is 1. The molecule has 1 aliphatic rings. The normalized spacial score (nSPS) is 17.1. The summed E-state index contributed by atoms with van der Waals surface area (Å²) in [4.78, 5) is 31.2. The molecular weight excluding hydrogens is 366 g/mol. The molecule has 1 N–H and O–H groups in total. The first-order valence-corrected chi connectivity index (χ1v) is 9.18. The van der Waals surface area contributed by atoms with Crippen LogP contribution in [-0.2, 0) is 0 Å². The Morgan fingerprint density at radius 2 is 2.07 bits per heavy atom. The van der Waals surface area contributed by atoms with Crippen LogP contribution in [0.3, 0.4) is 0 Å². The minimum absolute atomic E-state index is 0.131. The van der Waals surface area contributed by atoms with Gasteiger partial charge in [-0.1, -0.05) is 29.8 Å². The van der Waals surface area contributed by atoms with E-state index < -0.39 is 0 Å². The van der Waals surface area contributed by atoms with Crippen LogP contribution in [0.2, 0.25) is 5.02 Å². The molecular formula is C20H18ClN3O3. The van der Waals surface area contributed by atoms with Crippen molar-refractivity contribution in [3.05, 3.63) is 65.2 Å². The van der Waals surface area contributed by atoms with E-state index in [1.165, 1.54) is 6.26 Å². The number of benzene rings is 1. The highest BCUT2D eigenvalue weighted by molar-refractivity contribution is 6.35. The van der Waals surface area contributed by atoms with Gasteiger partial charge in [-0.15, -0.1) is 0 Å². The van der Waals surface area contributed by atoms with Crippen molar-refractivity contribution in [3.63, 3.8) is 0 Å². The van der Waals surface area contributed by atoms with Gasteiger partial charge in [0.2, 0.25) is 0 Å². The second-order valence-electron chi connectivity index (χ2n) is 6.55. The van der Waals surface area contributed by atoms with Crippen molar-refractivity contribution in [2.75, 3.05) is 13.1 Å². The topological polar surface area (TPSA) is 75.4 Å². The first-order valence-electron chi connectivity index (χ1n) is 8.81. The van der Waals surface area contributed by atoms with E-state index in [1.807, 2.05) is 18.2 Å². The van der Waals surface area contributed by atoms with E-state index in [4.69, 9.17) is 16.0 Å². The highest BCUT2D eigenvalue weighted by atomic mass is 35.5. The molecule has 1 unspecified atom stereocenters. The highest BCUT2D eigenvalue weighted by Crippen LogP contribution is 2.22. The zero-order valence-corrected chi connectivity index (χ0v) is 15.3. The number of carbonyl (C=O) groups excluding carboxylic acids is 2. The SMILES string of the molecule is O=C(NC1CCCN(C(=O)c2ccco2)C1)c1ccc2cccc(Cl)c2n1. The van der Waals surface area contributed by atoms with Gasteiger partial charge in [-0.2, -0.15) is 0 Å². The minimum Gasteiger partial charge on any atom is -0.459 e. The van der Waals surface area contributed by atoms with Gasteiger partial charge in [0.05, 0.1) is 16.8 Å². The number of rotatable bonds is 3. The molecule has 3 heterocycles. The lowest BCUT2D eigenvalue weighted by Gasteiger charge is -2.32. The van der Waals surface area contributed by atoms with Crippen molar-refractivity contribution in [1.82, 2.24) is 15.2 Å². The first kappa shape index (κ1) is 17.5. The fourth-order valence-corrected chi connectivity index (χ4v) is 3.56. The van der Waals surface area contributed by atoms with Gasteiger partial charge >= 0.3 is 0 Å². The number of hydrogen-bond acceptors (Lipinski definition) is 4. The summed E-state index contributed by atoms with van der Waals surface area (Å²) in [6.07, 6.45) is 3.10. The largest absolute Gasteiger partial charge is 0.459 e. The Bertz CT molecular complexity index is 987. The Labute approximate surface area is 161 Å². The van der Waals surface area contributed by atoms with Crippen LogP contribution in [0.15, 0.2) is 53.1 Å². The van der Waals surface area contributed by atoms with Gasteiger partial charge < -0.3 is 14.6 Å². The van der Waals surface area contributed by atoms with E-state index >= 15 is 0 Å². The number of aromatic nitrogens is 1. The summed E-state index contributed by atoms with van der Waals surface area (Å²) >= 11 is 6.18. The zero-order chi connectivity index (χ0) is 18.8. The molecule has 0 spiro atoms. The number of piperidine rings is 1. The molecule has 27 heavy (non-hydrogen) atoms. The first-order chi connectivity index (χ1) is 13.1. The van der Waals surface area contributed by atoms with E-state index in [1.54, 1.807) is 29.2 Å². The quantitative estimate of drug-likeness (QED) is 0.750. The van der Waals surface area contributed by atoms with Crippen LogP contribution >= 0.6 is 11.6 Å². The average molecular weight is 384 g/mol. The Kier molecular flexibility index (Phi) is 4.81. The number of fused-ring (bicyclic) bond motifs is 1. The summed E-state index contributed by atoms with van der Waals surface area (Å²) in [7, 11) is 0. The molecule has 3 aromatic rings. The van der Waals surface area contributed by atoms with Crippen LogP contribution in [0, 0.1) is 0 Å². The molecule has 4 rings (SSSR count). The summed E-state index contributed by atoms with van der Waals surface area (Å²) in [5.74, 6) is -0.114. The third-order valence-electron chi connectivity index (χ3n) is 4.68. The Balaban J connectivity index is 1.46. The third-order valence-corrected chi connectivity index (χ3v) is 4.98. The van der Waals surface area contributed by atoms with Gasteiger partial charge in [0, 0.05) is 24.5 Å². The van der Waals surface area contributed by atoms with Crippen LogP contribution in [0.1, 0.15) is 33.9 Å². The molecule has 0 bridgehead atoms. The van der Waals surface area contributed by atoms with Gasteiger partial charge in [-0.25, -0.2) is 4.98 Å². The number of hydrogen-bond donors (Lipinski definition) is 1. The van der Waals surface area contributed by atoms with Gasteiger partial charge in [0.1, 0.15) is 5.69 Å². The molecule has 0 aliphatic carbocycles. The standard InChI is InChI=1S/C20H18ClN3O3/c21-15-6-1-4-13-8-9-16(23-18(13)15)19(25)22-14-5-2-10-24(12-14)20(26)17-7-3-11-27-17/h1,3-4,6-9,11,14H,2,5,10,12H2,(H,22,25). The van der Waals surface area contributed by atoms with Gasteiger partial charge in [-0.3, -0.25) is 9.59 Å². The maximum absolute atomic E-state index is 12.6. The number of nitrogens with zero attached hydrogens (tertiary/aromatic N) is 2. The molecule has 7 heteroatoms. The van der Waals surface area contributed by atoms with Crippen LogP contribution in [0.4, 0.5) is 0 Å². The van der Waals surface area contributed by atoms with Crippen molar-refractivity contribution in [3.8, 4) is 0 Å². The summed E-state index contributed by atoms with van der Waals surface area (Å²) in [5, 5.41) is 4.37. The third kappa shape index (κ3) is 3.66. The maximum atomic E-state index is 12.6. The summed E-state index contributed by atoms with van der Waals surface area (Å²) < 4.78 is 5.19. The Morgan fingerprint density at radius 3 is 2.89 bits per heavy atom. The zero-order valence-electron chi connectivity index (χ0n) is 14.5. The molecule has 6 nitrogen and oxygen atoms in total. The number of nitrogens with one attached hydrogen (secondary N) is 1. The lowest BCUT2D eigenvalue weighted by Crippen LogP contribution is -2.49. The van der Waals surface area contributed by atoms with Gasteiger partial charge in [0.15, 0.2) is 5.76 Å². The lowest BCUT2D eigenvalue weighted by atomic mass is 10.0. The summed E-state index contributed by atoms with van der Waals surface area (Å²) in [6.45, 7) is 1.09. The van der Waals surface area contributed by atoms with Crippen molar-refractivity contribution >= 4 is 34.3 Å². The monoisotopic (exact) mass is 383 g/mol. The smallest absolute Gasteiger partial charge is 0.289 e. The van der Waals surface area contributed by atoms with Crippen LogP contribution < -0.4 is 5.32 Å². The van der Waals surface area contributed by atoms with E-state index in [9.17, 15) is 9.59 Å². The maximum Gasteiger partial charge on any atom is 0.289 e. The van der Waals surface area contributed by atoms with Crippen LogP contribution in [0.5, 0.6) is 0 Å². The number of amides is 2. The van der Waals surface area contributed by atoms with Crippen LogP contribution in [-0.4, -0.2) is 40.8 Å². The molecule has 0 saturated carbocycles. The van der Waals surface area contributed by atoms with Gasteiger partial charge in [-0.05, 0) is 37.1 Å². The van der Waals surface area contributed by atoms with Crippen molar-refractivity contribution < 1.29 is 14.0 Å². The number of likely N-dealkylation sites (tertiary alicyclic amines) is 1. The molecule has 0 radical (unpaired) electrons. The van der Waals surface area contributed by atoms with E-state index in [2.05, 4.69) is 10.3 Å². The molecule has 1 atom stereocenters. The number of para-hydroxylation sites is 1. The average Bonchev–Trinajstić information content (AvgIpc) is 3.22. The minimum atomic E-state index is -0.269. The second kappa shape index (κ2) is 7.40. The van der Waals surface area contributed by atoms with E-state index in [0.717, 1.165) is 18.2 Å². The fraction of sp³-hybridized carbons (Fsp3) is 0.250. The van der Waals surface area contributed by atoms with Crippen molar-refractivity contribution in [1.29, 1.82) is 0 Å². The predicted molar refractivity (Wildman–Crippen MR) is 102 cm³/mol. The van der Waals surface area contributed by atoms with Gasteiger partial charge in [0.25, 0.3) is 11.8 Å². The molecule has 138 valence electrons. The van der Waals surface area contributed by atoms with Crippen molar-refractivity contribution in [2.45, 2.75) is 18.9 Å². The van der Waals surface area contributed by atoms with Crippen LogP contribution in [0.25, 0.3) is 10.9 Å². The van der Waals surface area contributed by atoms with E-state index in [-0.39, 0.29) is 17.9 Å². The fourth-order valence-electron chi connectivity index (χ4n) is 3.33. The summed E-state index contributed by atoms with van der Waals surface area (Å²) in [6, 6.07) is 12.2. The number of carbonyl (C=O) groups is 2. The molecule has 2 aromatic heterocycles. The van der Waals surface area contributed by atoms with E-state index in [0.29, 0.717) is 35.1 Å². The Morgan fingerprint density at radius 1 is 1.19 bits per heavy atom. The Hall–Kier alpha value is -2.86. The van der Waals surface area contributed by atoms with Crippen molar-refractivity contribution in [2.24, 2.45) is 0 Å². The number of pyridine rings is 1. The molecule has 1 aliphatic heterocycles.